The van der Waals surface area contributed by atoms with E-state index in [1.807, 2.05) is 51.1 Å². The van der Waals surface area contributed by atoms with Gasteiger partial charge in [0.05, 0.1) is 11.6 Å². The fraction of sp³-hybridized carbons (Fsp3) is 0.333. The summed E-state index contributed by atoms with van der Waals surface area (Å²) in [5.41, 5.74) is 7.28. The van der Waals surface area contributed by atoms with Gasteiger partial charge in [0.2, 0.25) is 0 Å². The summed E-state index contributed by atoms with van der Waals surface area (Å²) in [5, 5.41) is 0.865. The summed E-state index contributed by atoms with van der Waals surface area (Å²) in [6.07, 6.45) is 1.72. The smallest absolute Gasteiger partial charge is 0.180 e. The van der Waals surface area contributed by atoms with Crippen molar-refractivity contribution >= 4 is 16.7 Å². The average molecular weight is 242 g/mol. The Labute approximate surface area is 107 Å². The van der Waals surface area contributed by atoms with Gasteiger partial charge in [-0.2, -0.15) is 0 Å². The average Bonchev–Trinajstić information content (AvgIpc) is 2.35. The molecule has 1 atom stereocenters. The van der Waals surface area contributed by atoms with E-state index in [0.29, 0.717) is 5.56 Å². The zero-order valence-corrected chi connectivity index (χ0v) is 11.0. The SMILES string of the molecule is CC(C)(C)C(N)C(=O)c1cccc2ncccc12. The maximum Gasteiger partial charge on any atom is 0.180 e. The first-order valence-corrected chi connectivity index (χ1v) is 6.05. The number of hydrogen-bond donors (Lipinski definition) is 1. The summed E-state index contributed by atoms with van der Waals surface area (Å²) in [6.45, 7) is 5.91. The van der Waals surface area contributed by atoms with E-state index < -0.39 is 6.04 Å². The van der Waals surface area contributed by atoms with Gasteiger partial charge in [0, 0.05) is 17.1 Å². The topological polar surface area (TPSA) is 56.0 Å². The summed E-state index contributed by atoms with van der Waals surface area (Å²) >= 11 is 0. The van der Waals surface area contributed by atoms with Crippen molar-refractivity contribution in [3.05, 3.63) is 42.1 Å². The largest absolute Gasteiger partial charge is 0.321 e. The lowest BCUT2D eigenvalue weighted by atomic mass is 9.82. The number of pyridine rings is 1. The summed E-state index contributed by atoms with van der Waals surface area (Å²) < 4.78 is 0. The molecule has 0 saturated carbocycles. The fourth-order valence-corrected chi connectivity index (χ4v) is 1.88. The third-order valence-electron chi connectivity index (χ3n) is 3.13. The van der Waals surface area contributed by atoms with Crippen molar-refractivity contribution in [2.75, 3.05) is 0 Å². The van der Waals surface area contributed by atoms with Crippen LogP contribution in [0.5, 0.6) is 0 Å². The van der Waals surface area contributed by atoms with E-state index in [0.717, 1.165) is 10.9 Å². The van der Waals surface area contributed by atoms with Gasteiger partial charge in [-0.05, 0) is 17.5 Å². The predicted octanol–water partition coefficient (Wildman–Crippen LogP) is 2.79. The van der Waals surface area contributed by atoms with E-state index >= 15 is 0 Å². The summed E-state index contributed by atoms with van der Waals surface area (Å²) in [6, 6.07) is 8.79. The Morgan fingerprint density at radius 2 is 1.94 bits per heavy atom. The zero-order chi connectivity index (χ0) is 13.3. The van der Waals surface area contributed by atoms with Crippen molar-refractivity contribution in [2.45, 2.75) is 26.8 Å². The second-order valence-corrected chi connectivity index (χ2v) is 5.58. The number of nitrogens with two attached hydrogens (primary N) is 1. The number of ketones is 1. The minimum atomic E-state index is -0.511. The molecule has 2 rings (SSSR count). The quantitative estimate of drug-likeness (QED) is 0.824. The molecule has 1 aromatic carbocycles. The number of benzene rings is 1. The predicted molar refractivity (Wildman–Crippen MR) is 73.5 cm³/mol. The Kier molecular flexibility index (Phi) is 3.18. The number of carbonyl (C=O) groups excluding carboxylic acids is 1. The summed E-state index contributed by atoms with van der Waals surface area (Å²) in [4.78, 5) is 16.7. The number of Topliss-reactive ketones (excluding diaryl/α,β-unsaturated/α-hetero) is 1. The number of fused-ring (bicyclic) bond motifs is 1. The minimum Gasteiger partial charge on any atom is -0.321 e. The molecule has 0 saturated heterocycles. The highest BCUT2D eigenvalue weighted by molar-refractivity contribution is 6.10. The van der Waals surface area contributed by atoms with Gasteiger partial charge in [0.15, 0.2) is 5.78 Å². The molecule has 0 aliphatic carbocycles. The molecule has 1 unspecified atom stereocenters. The first-order valence-electron chi connectivity index (χ1n) is 6.05. The Bertz CT molecular complexity index is 579. The monoisotopic (exact) mass is 242 g/mol. The molecule has 0 aliphatic rings. The van der Waals surface area contributed by atoms with Crippen LogP contribution in [-0.2, 0) is 0 Å². The Morgan fingerprint density at radius 1 is 1.22 bits per heavy atom. The van der Waals surface area contributed by atoms with Crippen molar-refractivity contribution in [3.63, 3.8) is 0 Å². The van der Waals surface area contributed by atoms with Crippen molar-refractivity contribution in [1.82, 2.24) is 4.98 Å². The van der Waals surface area contributed by atoms with Crippen LogP contribution < -0.4 is 5.73 Å². The lowest BCUT2D eigenvalue weighted by molar-refractivity contribution is 0.0903. The van der Waals surface area contributed by atoms with E-state index in [9.17, 15) is 4.79 Å². The maximum atomic E-state index is 12.5. The van der Waals surface area contributed by atoms with Crippen molar-refractivity contribution < 1.29 is 4.79 Å². The second-order valence-electron chi connectivity index (χ2n) is 5.58. The van der Waals surface area contributed by atoms with Crippen LogP contribution in [0.1, 0.15) is 31.1 Å². The number of carbonyl (C=O) groups is 1. The Morgan fingerprint density at radius 3 is 2.61 bits per heavy atom. The van der Waals surface area contributed by atoms with E-state index in [4.69, 9.17) is 5.73 Å². The van der Waals surface area contributed by atoms with Gasteiger partial charge in [0.25, 0.3) is 0 Å². The van der Waals surface area contributed by atoms with Crippen LogP contribution in [-0.4, -0.2) is 16.8 Å². The highest BCUT2D eigenvalue weighted by Crippen LogP contribution is 2.24. The molecular weight excluding hydrogens is 224 g/mol. The molecule has 0 radical (unpaired) electrons. The fourth-order valence-electron chi connectivity index (χ4n) is 1.88. The lowest BCUT2D eigenvalue weighted by Gasteiger charge is -2.26. The third-order valence-corrected chi connectivity index (χ3v) is 3.13. The standard InChI is InChI=1S/C15H18N2O/c1-15(2,3)14(16)13(18)11-6-4-8-12-10(11)7-5-9-17-12/h4-9,14H,16H2,1-3H3. The Balaban J connectivity index is 2.52. The first kappa shape index (κ1) is 12.7. The van der Waals surface area contributed by atoms with E-state index in [1.165, 1.54) is 0 Å². The normalized spacial score (nSPS) is 13.6. The summed E-state index contributed by atoms with van der Waals surface area (Å²) in [5.74, 6) is -0.0268. The van der Waals surface area contributed by atoms with Crippen LogP contribution >= 0.6 is 0 Å². The number of nitrogens with zero attached hydrogens (tertiary/aromatic N) is 1. The lowest BCUT2D eigenvalue weighted by Crippen LogP contribution is -2.42. The molecule has 3 heteroatoms. The van der Waals surface area contributed by atoms with Crippen molar-refractivity contribution in [2.24, 2.45) is 11.1 Å². The molecule has 1 heterocycles. The maximum absolute atomic E-state index is 12.5. The number of aromatic nitrogens is 1. The van der Waals surface area contributed by atoms with Gasteiger partial charge in [0.1, 0.15) is 0 Å². The zero-order valence-electron chi connectivity index (χ0n) is 11.0. The molecule has 2 aromatic rings. The Hall–Kier alpha value is -1.74. The summed E-state index contributed by atoms with van der Waals surface area (Å²) in [7, 11) is 0. The molecule has 0 spiro atoms. The van der Waals surface area contributed by atoms with Crippen LogP contribution in [0.2, 0.25) is 0 Å². The van der Waals surface area contributed by atoms with E-state index in [1.54, 1.807) is 6.20 Å². The second kappa shape index (κ2) is 4.50. The van der Waals surface area contributed by atoms with Crippen LogP contribution in [0, 0.1) is 5.41 Å². The van der Waals surface area contributed by atoms with Gasteiger partial charge in [-0.3, -0.25) is 9.78 Å². The molecule has 0 fully saturated rings. The first-order chi connectivity index (χ1) is 8.41. The van der Waals surface area contributed by atoms with Gasteiger partial charge in [-0.1, -0.05) is 39.0 Å². The molecular formula is C15H18N2O. The van der Waals surface area contributed by atoms with Gasteiger partial charge < -0.3 is 5.73 Å². The molecule has 2 N–H and O–H groups in total. The molecule has 94 valence electrons. The molecule has 18 heavy (non-hydrogen) atoms. The third kappa shape index (κ3) is 2.27. The molecule has 0 bridgehead atoms. The van der Waals surface area contributed by atoms with E-state index in [2.05, 4.69) is 4.98 Å². The van der Waals surface area contributed by atoms with Crippen LogP contribution in [0.3, 0.4) is 0 Å². The van der Waals surface area contributed by atoms with Crippen LogP contribution in [0.4, 0.5) is 0 Å². The highest BCUT2D eigenvalue weighted by atomic mass is 16.1. The highest BCUT2D eigenvalue weighted by Gasteiger charge is 2.29. The number of hydrogen-bond acceptors (Lipinski definition) is 3. The van der Waals surface area contributed by atoms with Gasteiger partial charge in [-0.25, -0.2) is 0 Å². The molecule has 0 amide bonds. The minimum absolute atomic E-state index is 0.0268. The van der Waals surface area contributed by atoms with Crippen LogP contribution in [0.15, 0.2) is 36.5 Å². The number of rotatable bonds is 2. The molecule has 1 aromatic heterocycles. The van der Waals surface area contributed by atoms with Crippen LogP contribution in [0.25, 0.3) is 10.9 Å². The van der Waals surface area contributed by atoms with Crippen molar-refractivity contribution in [1.29, 1.82) is 0 Å². The molecule has 3 nitrogen and oxygen atoms in total. The van der Waals surface area contributed by atoms with Gasteiger partial charge >= 0.3 is 0 Å². The van der Waals surface area contributed by atoms with E-state index in [-0.39, 0.29) is 11.2 Å². The van der Waals surface area contributed by atoms with Gasteiger partial charge in [-0.15, -0.1) is 0 Å². The molecule has 0 aliphatic heterocycles. The van der Waals surface area contributed by atoms with Crippen molar-refractivity contribution in [3.8, 4) is 0 Å².